The molecule has 0 aromatic carbocycles. The molecule has 3 N–H and O–H groups in total. The Morgan fingerprint density at radius 2 is 1.68 bits per heavy atom. The highest BCUT2D eigenvalue weighted by atomic mass is 32.2. The van der Waals surface area contributed by atoms with E-state index in [1.165, 1.54) is 0 Å². The van der Waals surface area contributed by atoms with E-state index in [0.29, 0.717) is 0 Å². The molecule has 0 aliphatic carbocycles. The van der Waals surface area contributed by atoms with Crippen LogP contribution in [0, 0.1) is 0 Å². The minimum absolute atomic E-state index is 0.0293. The number of carbonyl (C=O) groups is 1. The van der Waals surface area contributed by atoms with Crippen LogP contribution in [0.1, 0.15) is 38.5 Å². The number of rotatable bonds is 2. The lowest BCUT2D eigenvalue weighted by Gasteiger charge is -2.25. The third-order valence-corrected chi connectivity index (χ3v) is 5.64. The van der Waals surface area contributed by atoms with Gasteiger partial charge in [-0.1, -0.05) is 6.42 Å². The molecule has 2 atom stereocenters. The summed E-state index contributed by atoms with van der Waals surface area (Å²) in [5.41, 5.74) is 0. The molecule has 0 spiro atoms. The summed E-state index contributed by atoms with van der Waals surface area (Å²) < 4.78 is 31.5. The predicted molar refractivity (Wildman–Crippen MR) is 84.3 cm³/mol. The first-order valence-corrected chi connectivity index (χ1v) is 9.68. The van der Waals surface area contributed by atoms with Crippen LogP contribution in [0.3, 0.4) is 0 Å². The molecule has 2 aliphatic heterocycles. The largest absolute Gasteiger partial charge is 0.341 e. The van der Waals surface area contributed by atoms with Gasteiger partial charge in [0, 0.05) is 19.6 Å². The van der Waals surface area contributed by atoms with Gasteiger partial charge in [0.05, 0.1) is 6.04 Å². The molecule has 2 saturated heterocycles. The van der Waals surface area contributed by atoms with Gasteiger partial charge in [-0.15, -0.1) is 0 Å². The Bertz CT molecular complexity index is 457. The van der Waals surface area contributed by atoms with Crippen LogP contribution in [0.2, 0.25) is 0 Å². The second-order valence-corrected chi connectivity index (χ2v) is 7.87. The monoisotopic (exact) mass is 333 g/mol. The van der Waals surface area contributed by atoms with Gasteiger partial charge in [0.25, 0.3) is 10.1 Å². The summed E-state index contributed by atoms with van der Waals surface area (Å²) in [4.78, 5) is 14.4. The van der Waals surface area contributed by atoms with Crippen molar-refractivity contribution in [2.24, 2.45) is 0 Å². The highest BCUT2D eigenvalue weighted by Crippen LogP contribution is 2.17. The van der Waals surface area contributed by atoms with Crippen LogP contribution in [0.15, 0.2) is 0 Å². The maximum Gasteiger partial charge on any atom is 0.269 e. The van der Waals surface area contributed by atoms with E-state index in [4.69, 9.17) is 4.55 Å². The summed E-state index contributed by atoms with van der Waals surface area (Å²) in [6.45, 7) is 3.61. The third kappa shape index (κ3) is 5.19. The fourth-order valence-electron chi connectivity index (χ4n) is 3.08. The van der Waals surface area contributed by atoms with Crippen molar-refractivity contribution >= 4 is 16.0 Å². The summed E-state index contributed by atoms with van der Waals surface area (Å²) in [7, 11) is -4.07. The summed E-state index contributed by atoms with van der Waals surface area (Å²) in [5.74, 6) is -0.0293. The highest BCUT2D eigenvalue weighted by molar-refractivity contribution is 7.86. The molecule has 0 aromatic heterocycles. The van der Waals surface area contributed by atoms with Gasteiger partial charge in [-0.2, -0.15) is 8.42 Å². The van der Waals surface area contributed by atoms with Gasteiger partial charge in [0.2, 0.25) is 5.91 Å². The second-order valence-electron chi connectivity index (χ2n) is 6.18. The van der Waals surface area contributed by atoms with Crippen LogP contribution >= 0.6 is 0 Å². The van der Waals surface area contributed by atoms with E-state index in [0.717, 1.165) is 58.3 Å². The number of nitrogens with zero attached hydrogens (tertiary/aromatic N) is 1. The third-order valence-electron chi connectivity index (χ3n) is 4.43. The first-order chi connectivity index (χ1) is 10.5. The van der Waals surface area contributed by atoms with Crippen LogP contribution in [0.4, 0.5) is 0 Å². The van der Waals surface area contributed by atoms with Crippen molar-refractivity contribution in [1.82, 2.24) is 15.5 Å². The van der Waals surface area contributed by atoms with Gasteiger partial charge in [-0.3, -0.25) is 9.35 Å². The molecule has 2 rings (SSSR count). The SMILES string of the molecule is O=C([C@@H]1C[C@H](S(=O)(=O)O)CN1)N1CCCCCNCCCC1. The molecule has 0 aromatic rings. The van der Waals surface area contributed by atoms with Gasteiger partial charge in [0.15, 0.2) is 0 Å². The molecular formula is C14H27N3O4S. The maximum absolute atomic E-state index is 12.6. The van der Waals surface area contributed by atoms with E-state index in [9.17, 15) is 13.2 Å². The number of carbonyl (C=O) groups excluding carboxylic acids is 1. The van der Waals surface area contributed by atoms with Crippen LogP contribution in [-0.2, 0) is 14.9 Å². The fourth-order valence-corrected chi connectivity index (χ4v) is 3.82. The topological polar surface area (TPSA) is 98.7 Å². The van der Waals surface area contributed by atoms with E-state index in [-0.39, 0.29) is 18.9 Å². The standard InChI is InChI=1S/C14H27N3O4S/c18-14(13-10-12(11-16-13)22(19,20)21)17-8-4-1-2-6-15-7-3-5-9-17/h12-13,15-16H,1-11H2,(H,19,20,21)/t12-,13-/m0/s1. The first-order valence-electron chi connectivity index (χ1n) is 8.17. The van der Waals surface area contributed by atoms with Crippen molar-refractivity contribution in [2.45, 2.75) is 49.8 Å². The average molecular weight is 333 g/mol. The molecule has 7 nitrogen and oxygen atoms in total. The molecule has 0 unspecified atom stereocenters. The average Bonchev–Trinajstić information content (AvgIpc) is 2.93. The minimum atomic E-state index is -4.07. The Labute approximate surface area is 132 Å². The number of hydrogen-bond donors (Lipinski definition) is 3. The number of amides is 1. The summed E-state index contributed by atoms with van der Waals surface area (Å²) in [5, 5.41) is 5.47. The zero-order valence-electron chi connectivity index (χ0n) is 13.0. The van der Waals surface area contributed by atoms with Crippen molar-refractivity contribution in [3.63, 3.8) is 0 Å². The number of nitrogens with one attached hydrogen (secondary N) is 2. The van der Waals surface area contributed by atoms with E-state index in [2.05, 4.69) is 10.6 Å². The van der Waals surface area contributed by atoms with Crippen molar-refractivity contribution in [1.29, 1.82) is 0 Å². The molecule has 0 saturated carbocycles. The van der Waals surface area contributed by atoms with Crippen molar-refractivity contribution < 1.29 is 17.8 Å². The van der Waals surface area contributed by atoms with Crippen LogP contribution in [0.25, 0.3) is 0 Å². The molecular weight excluding hydrogens is 306 g/mol. The van der Waals surface area contributed by atoms with Crippen molar-refractivity contribution in [3.8, 4) is 0 Å². The molecule has 2 fully saturated rings. The smallest absolute Gasteiger partial charge is 0.269 e. The zero-order valence-corrected chi connectivity index (χ0v) is 13.8. The number of hydrogen-bond acceptors (Lipinski definition) is 5. The molecule has 0 radical (unpaired) electrons. The van der Waals surface area contributed by atoms with E-state index in [1.807, 2.05) is 4.90 Å². The lowest BCUT2D eigenvalue weighted by Crippen LogP contribution is -2.44. The first kappa shape index (κ1) is 17.7. The van der Waals surface area contributed by atoms with Gasteiger partial charge in [0.1, 0.15) is 5.25 Å². The summed E-state index contributed by atoms with van der Waals surface area (Å²) >= 11 is 0. The van der Waals surface area contributed by atoms with Crippen LogP contribution < -0.4 is 10.6 Å². The lowest BCUT2D eigenvalue weighted by molar-refractivity contribution is -0.133. The quantitative estimate of drug-likeness (QED) is 0.615. The Morgan fingerprint density at radius 3 is 2.32 bits per heavy atom. The fraction of sp³-hybridized carbons (Fsp3) is 0.929. The Balaban J connectivity index is 1.91. The predicted octanol–water partition coefficient (Wildman–Crippen LogP) is -0.0130. The van der Waals surface area contributed by atoms with E-state index < -0.39 is 21.4 Å². The highest BCUT2D eigenvalue weighted by Gasteiger charge is 2.37. The van der Waals surface area contributed by atoms with Gasteiger partial charge in [-0.25, -0.2) is 0 Å². The summed E-state index contributed by atoms with van der Waals surface area (Å²) in [6, 6.07) is -0.491. The van der Waals surface area contributed by atoms with Gasteiger partial charge >= 0.3 is 0 Å². The van der Waals surface area contributed by atoms with E-state index in [1.54, 1.807) is 0 Å². The zero-order chi connectivity index (χ0) is 16.0. The minimum Gasteiger partial charge on any atom is -0.341 e. The summed E-state index contributed by atoms with van der Waals surface area (Å²) in [6.07, 6.45) is 5.33. The molecule has 2 aliphatic rings. The Hall–Kier alpha value is -0.700. The maximum atomic E-state index is 12.6. The molecule has 1 amide bonds. The van der Waals surface area contributed by atoms with Crippen LogP contribution in [0.5, 0.6) is 0 Å². The molecule has 22 heavy (non-hydrogen) atoms. The molecule has 0 bridgehead atoms. The second kappa shape index (κ2) is 8.24. The van der Waals surface area contributed by atoms with Gasteiger partial charge < -0.3 is 15.5 Å². The Kier molecular flexibility index (Phi) is 6.61. The van der Waals surface area contributed by atoms with Gasteiger partial charge in [-0.05, 0) is 45.2 Å². The Morgan fingerprint density at radius 1 is 1.05 bits per heavy atom. The van der Waals surface area contributed by atoms with Crippen LogP contribution in [-0.4, -0.2) is 67.8 Å². The van der Waals surface area contributed by atoms with E-state index >= 15 is 0 Å². The molecule has 128 valence electrons. The van der Waals surface area contributed by atoms with Crippen molar-refractivity contribution in [2.75, 3.05) is 32.7 Å². The lowest BCUT2D eigenvalue weighted by atomic mass is 10.1. The molecule has 2 heterocycles. The van der Waals surface area contributed by atoms with Crippen molar-refractivity contribution in [3.05, 3.63) is 0 Å². The normalized spacial score (nSPS) is 29.0. The molecule has 8 heteroatoms.